The van der Waals surface area contributed by atoms with Crippen LogP contribution in [0.15, 0.2) is 24.3 Å². The Kier molecular flexibility index (Phi) is 5.23. The van der Waals surface area contributed by atoms with Crippen LogP contribution in [0.5, 0.6) is 5.75 Å². The van der Waals surface area contributed by atoms with Crippen LogP contribution in [0.2, 0.25) is 0 Å². The monoisotopic (exact) mass is 372 g/mol. The van der Waals surface area contributed by atoms with Gasteiger partial charge in [-0.1, -0.05) is 25.0 Å². The topological polar surface area (TPSA) is 67.9 Å². The second kappa shape index (κ2) is 7.79. The van der Waals surface area contributed by atoms with E-state index in [2.05, 4.69) is 5.32 Å². The molecule has 0 bridgehead atoms. The van der Waals surface area contributed by atoms with Gasteiger partial charge in [-0.05, 0) is 49.3 Å². The maximum Gasteiger partial charge on any atom is 0.410 e. The van der Waals surface area contributed by atoms with Crippen molar-refractivity contribution in [3.63, 3.8) is 0 Å². The standard InChI is InChI=1S/C21H28N2O4/c1-26-17-10-6-15(7-11-17)19(14-4-2-3-5-14)20(24)22-12-18-13-23(16-8-9-16)21(25)27-18/h6-7,10-11,14,16,18-19H,2-5,8-9,12-13H2,1H3,(H,22,24). The van der Waals surface area contributed by atoms with Crippen molar-refractivity contribution in [1.82, 2.24) is 10.2 Å². The molecule has 1 aliphatic heterocycles. The number of methoxy groups -OCH3 is 1. The summed E-state index contributed by atoms with van der Waals surface area (Å²) in [5, 5.41) is 3.06. The zero-order chi connectivity index (χ0) is 18.8. The molecule has 0 aromatic heterocycles. The Morgan fingerprint density at radius 1 is 1.22 bits per heavy atom. The minimum atomic E-state index is -0.248. The molecule has 3 aliphatic rings. The molecule has 0 radical (unpaired) electrons. The summed E-state index contributed by atoms with van der Waals surface area (Å²) < 4.78 is 10.7. The second-order valence-electron chi connectivity index (χ2n) is 7.93. The zero-order valence-corrected chi connectivity index (χ0v) is 15.9. The number of hydrogen-bond acceptors (Lipinski definition) is 4. The molecule has 6 nitrogen and oxygen atoms in total. The molecule has 146 valence electrons. The van der Waals surface area contributed by atoms with Gasteiger partial charge in [0.2, 0.25) is 5.91 Å². The summed E-state index contributed by atoms with van der Waals surface area (Å²) in [6.07, 6.45) is 6.17. The predicted molar refractivity (Wildman–Crippen MR) is 101 cm³/mol. The maximum atomic E-state index is 13.1. The van der Waals surface area contributed by atoms with Crippen molar-refractivity contribution in [3.05, 3.63) is 29.8 Å². The van der Waals surface area contributed by atoms with Crippen molar-refractivity contribution < 1.29 is 19.1 Å². The molecule has 27 heavy (non-hydrogen) atoms. The van der Waals surface area contributed by atoms with Gasteiger partial charge in [-0.3, -0.25) is 4.79 Å². The van der Waals surface area contributed by atoms with Crippen LogP contribution in [0.25, 0.3) is 0 Å². The second-order valence-corrected chi connectivity index (χ2v) is 7.93. The zero-order valence-electron chi connectivity index (χ0n) is 15.9. The number of benzene rings is 1. The Hall–Kier alpha value is -2.24. The molecule has 1 aromatic carbocycles. The van der Waals surface area contributed by atoms with E-state index in [0.29, 0.717) is 25.0 Å². The van der Waals surface area contributed by atoms with Crippen molar-refractivity contribution in [2.24, 2.45) is 5.92 Å². The lowest BCUT2D eigenvalue weighted by Gasteiger charge is -2.24. The van der Waals surface area contributed by atoms with Gasteiger partial charge in [0.1, 0.15) is 11.9 Å². The number of hydrogen-bond donors (Lipinski definition) is 1. The van der Waals surface area contributed by atoms with Crippen LogP contribution in [0, 0.1) is 5.92 Å². The summed E-state index contributed by atoms with van der Waals surface area (Å²) in [5.74, 6) is 1.04. The van der Waals surface area contributed by atoms with Crippen LogP contribution in [0.1, 0.15) is 50.0 Å². The Bertz CT molecular complexity index is 680. The molecular weight excluding hydrogens is 344 g/mol. The minimum absolute atomic E-state index is 0.0352. The number of nitrogens with one attached hydrogen (secondary N) is 1. The number of carbonyl (C=O) groups excluding carboxylic acids is 2. The van der Waals surface area contributed by atoms with E-state index in [1.54, 1.807) is 12.0 Å². The van der Waals surface area contributed by atoms with Gasteiger partial charge >= 0.3 is 6.09 Å². The molecule has 6 heteroatoms. The molecule has 2 atom stereocenters. The summed E-state index contributed by atoms with van der Waals surface area (Å²) in [4.78, 5) is 26.8. The number of nitrogens with zero attached hydrogens (tertiary/aromatic N) is 1. The molecule has 0 spiro atoms. The van der Waals surface area contributed by atoms with E-state index in [1.807, 2.05) is 24.3 Å². The van der Waals surface area contributed by atoms with Crippen molar-refractivity contribution in [2.45, 2.75) is 56.6 Å². The smallest absolute Gasteiger partial charge is 0.410 e. The summed E-state index contributed by atoms with van der Waals surface area (Å²) in [5.41, 5.74) is 1.03. The van der Waals surface area contributed by atoms with Crippen LogP contribution in [-0.2, 0) is 9.53 Å². The highest BCUT2D eigenvalue weighted by Gasteiger charge is 2.41. The van der Waals surface area contributed by atoms with Gasteiger partial charge < -0.3 is 19.7 Å². The van der Waals surface area contributed by atoms with Gasteiger partial charge in [0.15, 0.2) is 0 Å². The molecule has 3 fully saturated rings. The molecule has 1 N–H and O–H groups in total. The molecule has 2 unspecified atom stereocenters. The molecule has 2 aliphatic carbocycles. The van der Waals surface area contributed by atoms with E-state index >= 15 is 0 Å². The SMILES string of the molecule is COc1ccc(C(C(=O)NCC2CN(C3CC3)C(=O)O2)C2CCCC2)cc1. The van der Waals surface area contributed by atoms with Gasteiger partial charge in [-0.2, -0.15) is 0 Å². The van der Waals surface area contributed by atoms with E-state index < -0.39 is 0 Å². The van der Waals surface area contributed by atoms with Crippen LogP contribution in [0.3, 0.4) is 0 Å². The largest absolute Gasteiger partial charge is 0.497 e. The Morgan fingerprint density at radius 2 is 1.93 bits per heavy atom. The molecular formula is C21H28N2O4. The number of amides is 2. The summed E-state index contributed by atoms with van der Waals surface area (Å²) in [6.45, 7) is 0.966. The molecule has 2 saturated carbocycles. The highest BCUT2D eigenvalue weighted by molar-refractivity contribution is 5.84. The van der Waals surface area contributed by atoms with E-state index in [4.69, 9.17) is 9.47 Å². The first kappa shape index (κ1) is 18.1. The predicted octanol–water partition coefficient (Wildman–Crippen LogP) is 3.07. The molecule has 1 aromatic rings. The van der Waals surface area contributed by atoms with Gasteiger partial charge in [0.25, 0.3) is 0 Å². The van der Waals surface area contributed by atoms with Crippen molar-refractivity contribution in [2.75, 3.05) is 20.2 Å². The fourth-order valence-corrected chi connectivity index (χ4v) is 4.40. The third-order valence-electron chi connectivity index (χ3n) is 6.02. The number of rotatable bonds is 7. The highest BCUT2D eigenvalue weighted by Crippen LogP contribution is 2.38. The van der Waals surface area contributed by atoms with Crippen LogP contribution in [-0.4, -0.2) is 49.2 Å². The third-order valence-corrected chi connectivity index (χ3v) is 6.02. The summed E-state index contributed by atoms with van der Waals surface area (Å²) in [7, 11) is 1.64. The molecule has 2 amide bonds. The Balaban J connectivity index is 1.40. The lowest BCUT2D eigenvalue weighted by atomic mass is 9.84. The molecule has 4 rings (SSSR count). The van der Waals surface area contributed by atoms with E-state index in [9.17, 15) is 9.59 Å². The number of cyclic esters (lactones) is 1. The average molecular weight is 372 g/mol. The number of ether oxygens (including phenoxy) is 2. The van der Waals surface area contributed by atoms with Gasteiger partial charge in [-0.15, -0.1) is 0 Å². The first-order valence-corrected chi connectivity index (χ1v) is 10.0. The van der Waals surface area contributed by atoms with E-state index in [0.717, 1.165) is 37.0 Å². The molecule has 1 heterocycles. The fraction of sp³-hybridized carbons (Fsp3) is 0.619. The first-order valence-electron chi connectivity index (χ1n) is 10.0. The Labute approximate surface area is 160 Å². The van der Waals surface area contributed by atoms with E-state index in [1.165, 1.54) is 12.8 Å². The lowest BCUT2D eigenvalue weighted by Crippen LogP contribution is -2.39. The van der Waals surface area contributed by atoms with Crippen molar-refractivity contribution in [1.29, 1.82) is 0 Å². The number of carbonyl (C=O) groups is 2. The minimum Gasteiger partial charge on any atom is -0.497 e. The van der Waals surface area contributed by atoms with Crippen molar-refractivity contribution >= 4 is 12.0 Å². The van der Waals surface area contributed by atoms with E-state index in [-0.39, 0.29) is 24.0 Å². The molecule has 1 saturated heterocycles. The van der Waals surface area contributed by atoms with Crippen LogP contribution < -0.4 is 10.1 Å². The quantitative estimate of drug-likeness (QED) is 0.799. The van der Waals surface area contributed by atoms with Gasteiger partial charge in [0.05, 0.1) is 26.1 Å². The third kappa shape index (κ3) is 4.04. The summed E-state index contributed by atoms with van der Waals surface area (Å²) in [6, 6.07) is 8.16. The normalized spacial score (nSPS) is 24.0. The van der Waals surface area contributed by atoms with Crippen LogP contribution in [0.4, 0.5) is 4.79 Å². The highest BCUT2D eigenvalue weighted by atomic mass is 16.6. The van der Waals surface area contributed by atoms with Crippen LogP contribution >= 0.6 is 0 Å². The maximum absolute atomic E-state index is 13.1. The lowest BCUT2D eigenvalue weighted by molar-refractivity contribution is -0.124. The fourth-order valence-electron chi connectivity index (χ4n) is 4.40. The van der Waals surface area contributed by atoms with Gasteiger partial charge in [-0.25, -0.2) is 4.79 Å². The Morgan fingerprint density at radius 3 is 2.56 bits per heavy atom. The average Bonchev–Trinajstić information content (AvgIpc) is 3.25. The first-order chi connectivity index (χ1) is 13.2. The summed E-state index contributed by atoms with van der Waals surface area (Å²) >= 11 is 0. The van der Waals surface area contributed by atoms with Crippen molar-refractivity contribution in [3.8, 4) is 5.75 Å². The van der Waals surface area contributed by atoms with Gasteiger partial charge in [0, 0.05) is 6.04 Å².